The Kier molecular flexibility index (Phi) is 7.42. The van der Waals surface area contributed by atoms with Gasteiger partial charge in [0.25, 0.3) is 0 Å². The molecule has 1 fully saturated rings. The fourth-order valence-electron chi connectivity index (χ4n) is 4.14. The summed E-state index contributed by atoms with van der Waals surface area (Å²) in [4.78, 5) is 17.0. The smallest absolute Gasteiger partial charge is 0.246 e. The van der Waals surface area contributed by atoms with E-state index in [-0.39, 0.29) is 41.0 Å². The lowest BCUT2D eigenvalue weighted by atomic mass is 9.94. The van der Waals surface area contributed by atoms with Crippen LogP contribution in [0.15, 0.2) is 83.9 Å². The van der Waals surface area contributed by atoms with Gasteiger partial charge in [0.05, 0.1) is 6.04 Å². The lowest BCUT2D eigenvalue weighted by molar-refractivity contribution is -0.126. The van der Waals surface area contributed by atoms with Crippen LogP contribution in [0.25, 0.3) is 0 Å². The van der Waals surface area contributed by atoms with Crippen molar-refractivity contribution < 1.29 is 13.2 Å². The number of pyridine rings is 1. The number of amides is 1. The van der Waals surface area contributed by atoms with E-state index in [4.69, 9.17) is 11.6 Å². The Morgan fingerprint density at radius 1 is 1.00 bits per heavy atom. The van der Waals surface area contributed by atoms with Gasteiger partial charge in [-0.3, -0.25) is 4.79 Å². The molecule has 8 heteroatoms. The molecule has 1 aliphatic rings. The summed E-state index contributed by atoms with van der Waals surface area (Å²) in [7, 11) is -3.74. The predicted molar refractivity (Wildman–Crippen MR) is 128 cm³/mol. The van der Waals surface area contributed by atoms with Crippen molar-refractivity contribution in [3.8, 4) is 0 Å². The molecular formula is C25H26ClN3O3S. The van der Waals surface area contributed by atoms with E-state index in [1.165, 1.54) is 16.6 Å². The average molecular weight is 484 g/mol. The number of sulfonamides is 1. The first kappa shape index (κ1) is 23.4. The summed E-state index contributed by atoms with van der Waals surface area (Å²) in [6, 6.07) is 22.8. The highest BCUT2D eigenvalue weighted by Gasteiger charge is 2.34. The maximum Gasteiger partial charge on any atom is 0.246 e. The van der Waals surface area contributed by atoms with Crippen molar-refractivity contribution in [1.82, 2.24) is 14.6 Å². The predicted octanol–water partition coefficient (Wildman–Crippen LogP) is 4.24. The minimum Gasteiger partial charge on any atom is -0.349 e. The van der Waals surface area contributed by atoms with Gasteiger partial charge in [-0.1, -0.05) is 72.3 Å². The molecule has 1 amide bonds. The van der Waals surface area contributed by atoms with Gasteiger partial charge in [0, 0.05) is 25.2 Å². The minimum absolute atomic E-state index is 0.00145. The molecule has 4 rings (SSSR count). The fraction of sp³-hybridized carbons (Fsp3) is 0.280. The van der Waals surface area contributed by atoms with E-state index >= 15 is 0 Å². The van der Waals surface area contributed by atoms with Crippen molar-refractivity contribution >= 4 is 27.5 Å². The molecule has 0 aliphatic carbocycles. The molecule has 1 aromatic heterocycles. The van der Waals surface area contributed by atoms with Gasteiger partial charge in [-0.2, -0.15) is 4.31 Å². The molecule has 1 unspecified atom stereocenters. The second-order valence-electron chi connectivity index (χ2n) is 8.13. The van der Waals surface area contributed by atoms with E-state index in [0.717, 1.165) is 11.1 Å². The molecule has 1 saturated heterocycles. The van der Waals surface area contributed by atoms with Crippen LogP contribution < -0.4 is 5.32 Å². The highest BCUT2D eigenvalue weighted by Crippen LogP contribution is 2.28. The first-order chi connectivity index (χ1) is 15.9. The van der Waals surface area contributed by atoms with Gasteiger partial charge >= 0.3 is 0 Å². The van der Waals surface area contributed by atoms with Crippen molar-refractivity contribution in [1.29, 1.82) is 0 Å². The fourth-order valence-corrected chi connectivity index (χ4v) is 6.04. The molecule has 1 atom stereocenters. The number of benzene rings is 2. The standard InChI is InChI=1S/C25H26ClN3O3S/c26-24-23(12-7-15-27-24)33(31,32)29-16-13-21(14-17-29)25(30)28-22(20-10-5-2-6-11-20)18-19-8-3-1-4-9-19/h1-12,15,21-22H,13-14,16-18H2,(H,28,30). The molecule has 2 heterocycles. The zero-order chi connectivity index (χ0) is 23.3. The third-order valence-electron chi connectivity index (χ3n) is 5.97. The number of piperidine rings is 1. The largest absolute Gasteiger partial charge is 0.349 e. The highest BCUT2D eigenvalue weighted by molar-refractivity contribution is 7.89. The Morgan fingerprint density at radius 3 is 2.27 bits per heavy atom. The monoisotopic (exact) mass is 483 g/mol. The summed E-state index contributed by atoms with van der Waals surface area (Å²) in [6.45, 7) is 0.528. The lowest BCUT2D eigenvalue weighted by Gasteiger charge is -2.31. The SMILES string of the molecule is O=C(NC(Cc1ccccc1)c1ccccc1)C1CCN(S(=O)(=O)c2cccnc2Cl)CC1. The number of carbonyl (C=O) groups is 1. The highest BCUT2D eigenvalue weighted by atomic mass is 35.5. The van der Waals surface area contributed by atoms with Crippen LogP contribution in [0.5, 0.6) is 0 Å². The Bertz CT molecular complexity index is 1180. The number of nitrogens with one attached hydrogen (secondary N) is 1. The quantitative estimate of drug-likeness (QED) is 0.510. The molecule has 0 saturated carbocycles. The van der Waals surface area contributed by atoms with Crippen molar-refractivity contribution in [2.75, 3.05) is 13.1 Å². The number of hydrogen-bond acceptors (Lipinski definition) is 4. The van der Waals surface area contributed by atoms with Crippen LogP contribution >= 0.6 is 11.6 Å². The zero-order valence-electron chi connectivity index (χ0n) is 18.1. The van der Waals surface area contributed by atoms with Gasteiger partial charge in [0.15, 0.2) is 0 Å². The molecule has 172 valence electrons. The number of rotatable bonds is 7. The van der Waals surface area contributed by atoms with Crippen LogP contribution in [0.2, 0.25) is 5.15 Å². The maximum atomic E-state index is 13.1. The van der Waals surface area contributed by atoms with Gasteiger partial charge in [-0.15, -0.1) is 0 Å². The van der Waals surface area contributed by atoms with Gasteiger partial charge in [-0.25, -0.2) is 13.4 Å². The first-order valence-electron chi connectivity index (χ1n) is 10.9. The van der Waals surface area contributed by atoms with Gasteiger partial charge in [0.2, 0.25) is 15.9 Å². The van der Waals surface area contributed by atoms with E-state index in [2.05, 4.69) is 22.4 Å². The van der Waals surface area contributed by atoms with E-state index in [9.17, 15) is 13.2 Å². The summed E-state index contributed by atoms with van der Waals surface area (Å²) in [5.74, 6) is -0.293. The van der Waals surface area contributed by atoms with Crippen molar-refractivity contribution in [2.45, 2.75) is 30.2 Å². The second-order valence-corrected chi connectivity index (χ2v) is 10.4. The van der Waals surface area contributed by atoms with E-state index in [1.807, 2.05) is 48.5 Å². The van der Waals surface area contributed by atoms with Crippen LogP contribution in [0, 0.1) is 5.92 Å². The summed E-state index contributed by atoms with van der Waals surface area (Å²) in [5.41, 5.74) is 2.18. The lowest BCUT2D eigenvalue weighted by Crippen LogP contribution is -2.44. The zero-order valence-corrected chi connectivity index (χ0v) is 19.7. The van der Waals surface area contributed by atoms with Crippen LogP contribution in [-0.2, 0) is 21.2 Å². The number of carbonyl (C=O) groups excluding carboxylic acids is 1. The minimum atomic E-state index is -3.74. The summed E-state index contributed by atoms with van der Waals surface area (Å²) >= 11 is 6.01. The molecule has 3 aromatic rings. The third kappa shape index (κ3) is 5.61. The molecule has 2 aromatic carbocycles. The first-order valence-corrected chi connectivity index (χ1v) is 12.8. The topological polar surface area (TPSA) is 79.4 Å². The van der Waals surface area contributed by atoms with Gasteiger partial charge in [-0.05, 0) is 42.5 Å². The molecule has 6 nitrogen and oxygen atoms in total. The summed E-state index contributed by atoms with van der Waals surface area (Å²) in [5, 5.41) is 3.17. The summed E-state index contributed by atoms with van der Waals surface area (Å²) in [6.07, 6.45) is 3.05. The van der Waals surface area contributed by atoms with Crippen molar-refractivity contribution in [3.63, 3.8) is 0 Å². The van der Waals surface area contributed by atoms with Crippen LogP contribution in [0.3, 0.4) is 0 Å². The number of halogens is 1. The van der Waals surface area contributed by atoms with Gasteiger partial charge < -0.3 is 5.32 Å². The van der Waals surface area contributed by atoms with E-state index in [1.54, 1.807) is 6.07 Å². The second kappa shape index (κ2) is 10.5. The average Bonchev–Trinajstić information content (AvgIpc) is 2.85. The number of hydrogen-bond donors (Lipinski definition) is 1. The van der Waals surface area contributed by atoms with Crippen LogP contribution in [-0.4, -0.2) is 36.7 Å². The van der Waals surface area contributed by atoms with Crippen LogP contribution in [0.4, 0.5) is 0 Å². The maximum absolute atomic E-state index is 13.1. The van der Waals surface area contributed by atoms with E-state index in [0.29, 0.717) is 19.3 Å². The Balaban J connectivity index is 1.42. The molecular weight excluding hydrogens is 458 g/mol. The van der Waals surface area contributed by atoms with Crippen LogP contribution in [0.1, 0.15) is 30.0 Å². The molecule has 0 radical (unpaired) electrons. The molecule has 1 N–H and O–H groups in total. The number of aromatic nitrogens is 1. The van der Waals surface area contributed by atoms with E-state index < -0.39 is 10.0 Å². The number of nitrogens with zero attached hydrogens (tertiary/aromatic N) is 2. The third-order valence-corrected chi connectivity index (χ3v) is 8.31. The normalized spacial score (nSPS) is 16.3. The molecule has 1 aliphatic heterocycles. The van der Waals surface area contributed by atoms with Crippen molar-refractivity contribution in [2.24, 2.45) is 5.92 Å². The molecule has 0 spiro atoms. The molecule has 0 bridgehead atoms. The molecule has 33 heavy (non-hydrogen) atoms. The Labute approximate surface area is 199 Å². The Hall–Kier alpha value is -2.74. The summed E-state index contributed by atoms with van der Waals surface area (Å²) < 4.78 is 27.3. The van der Waals surface area contributed by atoms with Crippen molar-refractivity contribution in [3.05, 3.63) is 95.3 Å². The van der Waals surface area contributed by atoms with Gasteiger partial charge in [0.1, 0.15) is 10.0 Å². The Morgan fingerprint density at radius 2 is 1.64 bits per heavy atom.